The van der Waals surface area contributed by atoms with E-state index in [4.69, 9.17) is 10.5 Å². The number of benzene rings is 1. The van der Waals surface area contributed by atoms with Crippen LogP contribution in [0.4, 0.5) is 13.2 Å². The van der Waals surface area contributed by atoms with Gasteiger partial charge in [0.2, 0.25) is 0 Å². The number of nitrogens with zero attached hydrogens (tertiary/aromatic N) is 2. The molecule has 116 valence electrons. The lowest BCUT2D eigenvalue weighted by atomic mass is 9.90. The lowest BCUT2D eigenvalue weighted by Gasteiger charge is -2.36. The average Bonchev–Trinajstić information content (AvgIpc) is 2.73. The van der Waals surface area contributed by atoms with E-state index in [1.807, 2.05) is 11.8 Å². The first-order valence-electron chi connectivity index (χ1n) is 6.53. The number of alkyl halides is 3. The Hall–Kier alpha value is -1.76. The Kier molecular flexibility index (Phi) is 4.13. The molecular formula is C14H18F3N3O. The van der Waals surface area contributed by atoms with Gasteiger partial charge in [0.1, 0.15) is 0 Å². The molecule has 0 radical (unpaired) electrons. The summed E-state index contributed by atoms with van der Waals surface area (Å²) < 4.78 is 42.9. The Morgan fingerprint density at radius 3 is 2.48 bits per heavy atom. The van der Waals surface area contributed by atoms with Crippen molar-refractivity contribution in [1.82, 2.24) is 4.90 Å². The highest BCUT2D eigenvalue weighted by Crippen LogP contribution is 2.35. The van der Waals surface area contributed by atoms with Crippen molar-refractivity contribution in [3.8, 4) is 0 Å². The maximum absolute atomic E-state index is 12.6. The van der Waals surface area contributed by atoms with Gasteiger partial charge in [-0.05, 0) is 24.6 Å². The molecule has 1 unspecified atom stereocenters. The Morgan fingerprint density at radius 2 is 1.95 bits per heavy atom. The van der Waals surface area contributed by atoms with E-state index in [1.54, 1.807) is 7.11 Å². The molecule has 0 aliphatic carbocycles. The molecule has 1 aliphatic rings. The van der Waals surface area contributed by atoms with Crippen molar-refractivity contribution < 1.29 is 17.9 Å². The predicted molar refractivity (Wildman–Crippen MR) is 73.9 cm³/mol. The molecule has 0 fully saturated rings. The van der Waals surface area contributed by atoms with Crippen molar-refractivity contribution in [3.05, 3.63) is 35.4 Å². The third-order valence-corrected chi connectivity index (χ3v) is 3.77. The number of ether oxygens (including phenoxy) is 1. The fourth-order valence-corrected chi connectivity index (χ4v) is 2.47. The second-order valence-electron chi connectivity index (χ2n) is 5.17. The zero-order chi connectivity index (χ0) is 15.7. The summed E-state index contributed by atoms with van der Waals surface area (Å²) >= 11 is 0. The first-order valence-corrected chi connectivity index (χ1v) is 6.53. The van der Waals surface area contributed by atoms with Gasteiger partial charge in [0.15, 0.2) is 5.96 Å². The number of aliphatic imine (C=N–C) groups is 1. The van der Waals surface area contributed by atoms with Gasteiger partial charge in [-0.2, -0.15) is 13.2 Å². The van der Waals surface area contributed by atoms with E-state index in [9.17, 15) is 13.2 Å². The van der Waals surface area contributed by atoms with Crippen molar-refractivity contribution in [2.45, 2.75) is 18.6 Å². The van der Waals surface area contributed by atoms with Crippen LogP contribution >= 0.6 is 0 Å². The normalized spacial score (nSPS) is 22.5. The van der Waals surface area contributed by atoms with Crippen molar-refractivity contribution in [3.63, 3.8) is 0 Å². The molecule has 1 aromatic carbocycles. The molecule has 0 saturated carbocycles. The van der Waals surface area contributed by atoms with Crippen LogP contribution in [0.5, 0.6) is 0 Å². The zero-order valence-corrected chi connectivity index (χ0v) is 11.9. The highest BCUT2D eigenvalue weighted by atomic mass is 19.4. The minimum absolute atomic E-state index is 0.384. The predicted octanol–water partition coefficient (Wildman–Crippen LogP) is 2.20. The summed E-state index contributed by atoms with van der Waals surface area (Å²) in [6.07, 6.45) is -4.33. The van der Waals surface area contributed by atoms with Crippen molar-refractivity contribution in [1.29, 1.82) is 0 Å². The van der Waals surface area contributed by atoms with Crippen LogP contribution in [0.25, 0.3) is 0 Å². The van der Waals surface area contributed by atoms with Gasteiger partial charge in [-0.3, -0.25) is 4.99 Å². The van der Waals surface area contributed by atoms with Gasteiger partial charge in [0.25, 0.3) is 0 Å². The average molecular weight is 301 g/mol. The van der Waals surface area contributed by atoms with E-state index < -0.39 is 17.3 Å². The summed E-state index contributed by atoms with van der Waals surface area (Å²) in [4.78, 5) is 6.07. The second kappa shape index (κ2) is 5.55. The number of nitrogens with two attached hydrogens (primary N) is 1. The van der Waals surface area contributed by atoms with Gasteiger partial charge in [-0.15, -0.1) is 0 Å². The lowest BCUT2D eigenvalue weighted by Crippen LogP contribution is -2.48. The minimum atomic E-state index is -4.33. The van der Waals surface area contributed by atoms with Gasteiger partial charge in [-0.25, -0.2) is 0 Å². The summed E-state index contributed by atoms with van der Waals surface area (Å²) in [5.74, 6) is 0.384. The molecular weight excluding hydrogens is 283 g/mol. The monoisotopic (exact) mass is 301 g/mol. The molecule has 4 nitrogen and oxygen atoms in total. The highest BCUT2D eigenvalue weighted by molar-refractivity contribution is 5.81. The summed E-state index contributed by atoms with van der Waals surface area (Å²) in [5.41, 5.74) is 5.41. The standard InChI is InChI=1S/C14H18F3N3O/c1-13(9-19-12(18)20(13)7-8-21-2)10-3-5-11(6-4-10)14(15,16)17/h3-6H,7-9H2,1-2H3,(H2,18,19). The van der Waals surface area contributed by atoms with Crippen molar-refractivity contribution in [2.24, 2.45) is 10.7 Å². The Balaban J connectivity index is 2.27. The summed E-state index contributed by atoms with van der Waals surface area (Å²) in [7, 11) is 1.58. The maximum atomic E-state index is 12.6. The number of rotatable bonds is 4. The van der Waals surface area contributed by atoms with Crippen LogP contribution in [0, 0.1) is 0 Å². The van der Waals surface area contributed by atoms with Gasteiger partial charge in [0, 0.05) is 13.7 Å². The molecule has 0 saturated heterocycles. The minimum Gasteiger partial charge on any atom is -0.383 e. The number of halogens is 3. The molecule has 0 amide bonds. The zero-order valence-electron chi connectivity index (χ0n) is 11.9. The Bertz CT molecular complexity index is 527. The first kappa shape index (κ1) is 15.6. The van der Waals surface area contributed by atoms with E-state index in [1.165, 1.54) is 12.1 Å². The Morgan fingerprint density at radius 1 is 1.33 bits per heavy atom. The molecule has 1 heterocycles. The fraction of sp³-hybridized carbons (Fsp3) is 0.500. The molecule has 0 aromatic heterocycles. The van der Waals surface area contributed by atoms with Gasteiger partial charge >= 0.3 is 6.18 Å². The second-order valence-corrected chi connectivity index (χ2v) is 5.17. The van der Waals surface area contributed by atoms with E-state index in [0.29, 0.717) is 25.7 Å². The summed E-state index contributed by atoms with van der Waals surface area (Å²) in [6, 6.07) is 5.14. The molecule has 21 heavy (non-hydrogen) atoms. The molecule has 1 atom stereocenters. The third-order valence-electron chi connectivity index (χ3n) is 3.77. The fourth-order valence-electron chi connectivity index (χ4n) is 2.47. The number of hydrogen-bond donors (Lipinski definition) is 1. The van der Waals surface area contributed by atoms with Gasteiger partial charge in [0.05, 0.1) is 24.3 Å². The molecule has 1 aliphatic heterocycles. The van der Waals surface area contributed by atoms with Crippen LogP contribution in [-0.2, 0) is 16.5 Å². The van der Waals surface area contributed by atoms with E-state index >= 15 is 0 Å². The van der Waals surface area contributed by atoms with E-state index in [2.05, 4.69) is 4.99 Å². The van der Waals surface area contributed by atoms with Gasteiger partial charge in [-0.1, -0.05) is 12.1 Å². The van der Waals surface area contributed by atoms with Crippen LogP contribution in [0.2, 0.25) is 0 Å². The number of hydrogen-bond acceptors (Lipinski definition) is 4. The first-order chi connectivity index (χ1) is 9.79. The third kappa shape index (κ3) is 2.97. The molecule has 2 rings (SSSR count). The van der Waals surface area contributed by atoms with Crippen molar-refractivity contribution in [2.75, 3.05) is 26.8 Å². The van der Waals surface area contributed by atoms with E-state index in [-0.39, 0.29) is 0 Å². The van der Waals surface area contributed by atoms with Crippen LogP contribution in [-0.4, -0.2) is 37.7 Å². The quantitative estimate of drug-likeness (QED) is 0.927. The molecule has 0 bridgehead atoms. The van der Waals surface area contributed by atoms with Crippen LogP contribution < -0.4 is 5.73 Å². The van der Waals surface area contributed by atoms with E-state index in [0.717, 1.165) is 17.7 Å². The summed E-state index contributed by atoms with van der Waals surface area (Å²) in [6.45, 7) is 3.32. The van der Waals surface area contributed by atoms with Crippen LogP contribution in [0.3, 0.4) is 0 Å². The largest absolute Gasteiger partial charge is 0.416 e. The molecule has 0 spiro atoms. The topological polar surface area (TPSA) is 50.9 Å². The lowest BCUT2D eigenvalue weighted by molar-refractivity contribution is -0.137. The van der Waals surface area contributed by atoms with Gasteiger partial charge < -0.3 is 15.4 Å². The smallest absolute Gasteiger partial charge is 0.383 e. The highest BCUT2D eigenvalue weighted by Gasteiger charge is 2.40. The summed E-state index contributed by atoms with van der Waals surface area (Å²) in [5, 5.41) is 0. The Labute approximate surface area is 121 Å². The maximum Gasteiger partial charge on any atom is 0.416 e. The molecule has 1 aromatic rings. The van der Waals surface area contributed by atoms with Crippen LogP contribution in [0.15, 0.2) is 29.3 Å². The van der Waals surface area contributed by atoms with Crippen LogP contribution in [0.1, 0.15) is 18.1 Å². The number of guanidine groups is 1. The van der Waals surface area contributed by atoms with Crippen molar-refractivity contribution >= 4 is 5.96 Å². The molecule has 2 N–H and O–H groups in total. The number of methoxy groups -OCH3 is 1. The molecule has 7 heteroatoms. The SMILES string of the molecule is COCCN1C(N)=NCC1(C)c1ccc(C(F)(F)F)cc1.